The summed E-state index contributed by atoms with van der Waals surface area (Å²) in [5.41, 5.74) is -4.96. The Morgan fingerprint density at radius 2 is 1.76 bits per heavy atom. The van der Waals surface area contributed by atoms with Gasteiger partial charge in [-0.25, -0.2) is 4.39 Å². The van der Waals surface area contributed by atoms with Crippen LogP contribution in [-0.4, -0.2) is 124 Å². The fraction of sp³-hybridized carbons (Fsp3) is 0.653. The largest absolute Gasteiger partial charge is 0.394 e. The summed E-state index contributed by atoms with van der Waals surface area (Å²) < 4.78 is 28.7. The number of halogens is 1. The zero-order valence-electron chi connectivity index (χ0n) is 37.5. The minimum atomic E-state index is -2.05. The Kier molecular flexibility index (Phi) is 14.1. The second kappa shape index (κ2) is 18.7. The van der Waals surface area contributed by atoms with Crippen molar-refractivity contribution in [1.82, 2.24) is 15.7 Å². The minimum Gasteiger partial charge on any atom is -0.394 e. The zero-order chi connectivity index (χ0) is 45.4. The predicted octanol–water partition coefficient (Wildman–Crippen LogP) is 4.49. The Bertz CT molecular complexity index is 2070. The number of amides is 2. The molecule has 1 unspecified atom stereocenters. The van der Waals surface area contributed by atoms with E-state index in [0.717, 1.165) is 22.8 Å². The van der Waals surface area contributed by atoms with Crippen LogP contribution in [0, 0.1) is 34.5 Å². The maximum atomic E-state index is 17.5. The Hall–Kier alpha value is -3.60. The number of aliphatic hydroxyl groups is 4. The second-order valence-corrected chi connectivity index (χ2v) is 19.9. The maximum Gasteiger partial charge on any atom is 0.252 e. The number of nitrogens with one attached hydrogen (secondary N) is 2. The lowest BCUT2D eigenvalue weighted by atomic mass is 9.44. The van der Waals surface area contributed by atoms with Crippen LogP contribution in [0.15, 0.2) is 66.3 Å². The van der Waals surface area contributed by atoms with E-state index in [9.17, 15) is 34.8 Å². The summed E-state index contributed by atoms with van der Waals surface area (Å²) in [6.45, 7) is 10.3. The summed E-state index contributed by atoms with van der Waals surface area (Å²) in [5.74, 6) is -2.27. The number of ketones is 1. The van der Waals surface area contributed by atoms with Gasteiger partial charge >= 0.3 is 0 Å². The first-order valence-electron chi connectivity index (χ1n) is 22.9. The fourth-order valence-electron chi connectivity index (χ4n) is 12.5. The van der Waals surface area contributed by atoms with Gasteiger partial charge in [-0.3, -0.25) is 19.2 Å². The van der Waals surface area contributed by atoms with Crippen LogP contribution in [-0.2, 0) is 35.2 Å². The molecule has 346 valence electrons. The predicted molar refractivity (Wildman–Crippen MR) is 234 cm³/mol. The Morgan fingerprint density at radius 3 is 2.51 bits per heavy atom. The molecule has 2 amide bonds. The van der Waals surface area contributed by atoms with Gasteiger partial charge in [0.15, 0.2) is 17.1 Å². The van der Waals surface area contributed by atoms with E-state index >= 15 is 4.39 Å². The number of aliphatic hydroxyl groups excluding tert-OH is 3. The van der Waals surface area contributed by atoms with Crippen LogP contribution in [0.4, 0.5) is 4.39 Å². The summed E-state index contributed by atoms with van der Waals surface area (Å²) in [5, 5.41) is 54.2. The Morgan fingerprint density at radius 1 is 1.02 bits per heavy atom. The highest BCUT2D eigenvalue weighted by Gasteiger charge is 2.75. The molecule has 7 rings (SSSR count). The molecule has 0 radical (unpaired) electrons. The highest BCUT2D eigenvalue weighted by molar-refractivity contribution is 6.01. The molecule has 0 aromatic heterocycles. The molecule has 2 aromatic rings. The molecular weight excluding hydrogens is 810 g/mol. The number of rotatable bonds is 18. The molecule has 0 spiro atoms. The van der Waals surface area contributed by atoms with E-state index in [4.69, 9.17) is 14.3 Å². The van der Waals surface area contributed by atoms with E-state index < -0.39 is 57.6 Å². The number of carbonyl (C=O) groups excluding carboxylic acids is 3. The molecule has 5 aliphatic rings. The van der Waals surface area contributed by atoms with Crippen LogP contribution in [0.25, 0.3) is 10.8 Å². The van der Waals surface area contributed by atoms with Gasteiger partial charge in [0.05, 0.1) is 50.3 Å². The second-order valence-electron chi connectivity index (χ2n) is 19.9. The average Bonchev–Trinajstić information content (AvgIpc) is 3.67. The van der Waals surface area contributed by atoms with Crippen LogP contribution in [0.2, 0.25) is 0 Å². The summed E-state index contributed by atoms with van der Waals surface area (Å²) in [4.78, 5) is 45.3. The maximum absolute atomic E-state index is 17.5. The van der Waals surface area contributed by atoms with E-state index in [2.05, 4.69) is 54.8 Å². The number of hydrogen-bond acceptors (Lipinski definition) is 11. The molecule has 11 atom stereocenters. The van der Waals surface area contributed by atoms with Gasteiger partial charge in [0.25, 0.3) is 5.91 Å². The van der Waals surface area contributed by atoms with Crippen LogP contribution in [0.1, 0.15) is 85.1 Å². The highest BCUT2D eigenvalue weighted by Crippen LogP contribution is 2.70. The van der Waals surface area contributed by atoms with Crippen LogP contribution in [0.5, 0.6) is 0 Å². The number of fused-ring (bicyclic) bond motifs is 6. The lowest BCUT2D eigenvalue weighted by molar-refractivity contribution is -0.219. The number of alkyl halides is 1. The smallest absolute Gasteiger partial charge is 0.252 e. The van der Waals surface area contributed by atoms with Crippen molar-refractivity contribution in [2.75, 3.05) is 46.1 Å². The molecule has 1 saturated heterocycles. The molecule has 0 bridgehead atoms. The molecule has 1 heterocycles. The first kappa shape index (κ1) is 47.4. The summed E-state index contributed by atoms with van der Waals surface area (Å²) in [6.07, 6.45) is 4.57. The highest BCUT2D eigenvalue weighted by atomic mass is 19.1. The Balaban J connectivity index is 0.851. The van der Waals surface area contributed by atoms with Crippen LogP contribution < -0.4 is 10.6 Å². The zero-order valence-corrected chi connectivity index (χ0v) is 37.5. The third kappa shape index (κ3) is 8.79. The van der Waals surface area contributed by atoms with Gasteiger partial charge < -0.3 is 40.5 Å². The van der Waals surface area contributed by atoms with Crippen molar-refractivity contribution >= 4 is 28.4 Å². The standard InChI is InChI=1S/C49H68FN3O10/c1-31(2)23-47(24-38(56)29-54)25-39(63-53(47)28-33-10-11-34-8-6-7-9-35(34)21-33)27-52-43(58)30-62-19-18-61-17-16-51-44(59)49(60)32(3)20-41-40-13-12-36-22-37(55)14-15-45(36,4)48(40,50)42(57)26-46(41,49)5/h6-11,14-15,21-22,31-32,38-42,54,56-57,60H,12-13,16-20,23-30H2,1-5H3,(H,51,59)(H,52,58)/t32-,38?,39-,40+,41+,42+,45+,46+,47+,48+,49+/m1/s1. The van der Waals surface area contributed by atoms with Crippen molar-refractivity contribution in [3.05, 3.63) is 71.8 Å². The number of hydrogen-bond donors (Lipinski definition) is 6. The first-order valence-corrected chi connectivity index (χ1v) is 22.9. The molecule has 3 saturated carbocycles. The molecule has 6 N–H and O–H groups in total. The van der Waals surface area contributed by atoms with E-state index in [1.807, 2.05) is 24.1 Å². The molecule has 14 heteroatoms. The van der Waals surface area contributed by atoms with Crippen molar-refractivity contribution < 1.29 is 53.5 Å². The molecule has 13 nitrogen and oxygen atoms in total. The third-order valence-electron chi connectivity index (χ3n) is 15.4. The molecule has 4 aliphatic carbocycles. The van der Waals surface area contributed by atoms with Gasteiger partial charge in [-0.1, -0.05) is 75.7 Å². The number of nitrogens with zero attached hydrogens (tertiary/aromatic N) is 1. The van der Waals surface area contributed by atoms with Crippen LogP contribution in [0.3, 0.4) is 0 Å². The number of carbonyl (C=O) groups is 3. The van der Waals surface area contributed by atoms with Crippen molar-refractivity contribution in [3.8, 4) is 0 Å². The van der Waals surface area contributed by atoms with Gasteiger partial charge in [-0.05, 0) is 104 Å². The van der Waals surface area contributed by atoms with Gasteiger partial charge in [0, 0.05) is 36.4 Å². The minimum absolute atomic E-state index is 0.100. The lowest BCUT2D eigenvalue weighted by Gasteiger charge is -2.62. The van der Waals surface area contributed by atoms with E-state index in [1.54, 1.807) is 19.9 Å². The Labute approximate surface area is 370 Å². The third-order valence-corrected chi connectivity index (χ3v) is 15.4. The van der Waals surface area contributed by atoms with E-state index in [-0.39, 0.29) is 82.2 Å². The fourth-order valence-corrected chi connectivity index (χ4v) is 12.5. The number of hydroxylamine groups is 2. The van der Waals surface area contributed by atoms with Crippen molar-refractivity contribution in [2.45, 2.75) is 121 Å². The van der Waals surface area contributed by atoms with Crippen molar-refractivity contribution in [3.63, 3.8) is 0 Å². The summed E-state index contributed by atoms with van der Waals surface area (Å²) in [7, 11) is 0. The van der Waals surface area contributed by atoms with Gasteiger partial charge in [0.2, 0.25) is 5.91 Å². The van der Waals surface area contributed by atoms with Gasteiger partial charge in [0.1, 0.15) is 6.61 Å². The summed E-state index contributed by atoms with van der Waals surface area (Å²) >= 11 is 0. The summed E-state index contributed by atoms with van der Waals surface area (Å²) in [6, 6.07) is 14.4. The average molecular weight is 878 g/mol. The SMILES string of the molecule is CC(C)C[C@]1(CC(O)CO)C[C@H](CNC(=O)COCCOCCNC(=O)[C@@]2(O)[C@H](C)C[C@H]3[C@@H]4CCC5=CC(=O)C=C[C@]5(C)[C@@]4(F)[C@@H](O)C[C@@]32C)ON1Cc1ccc2ccccc2c1. The molecule has 63 heavy (non-hydrogen) atoms. The topological polar surface area (TPSA) is 187 Å². The van der Waals surface area contributed by atoms with E-state index in [0.29, 0.717) is 44.2 Å². The molecule has 1 aliphatic heterocycles. The van der Waals surface area contributed by atoms with Gasteiger partial charge in [-0.15, -0.1) is 0 Å². The monoisotopic (exact) mass is 877 g/mol. The molecule has 4 fully saturated rings. The number of benzene rings is 2. The quantitative estimate of drug-likeness (QED) is 0.116. The van der Waals surface area contributed by atoms with Crippen LogP contribution >= 0.6 is 0 Å². The van der Waals surface area contributed by atoms with E-state index in [1.165, 1.54) is 12.2 Å². The normalized spacial score (nSPS) is 35.6. The molecule has 2 aromatic carbocycles. The lowest BCUT2D eigenvalue weighted by Crippen LogP contribution is -2.70. The molecular formula is C49H68FN3O10. The first-order chi connectivity index (χ1) is 29.9. The van der Waals surface area contributed by atoms with Crippen molar-refractivity contribution in [1.29, 1.82) is 0 Å². The van der Waals surface area contributed by atoms with Crippen molar-refractivity contribution in [2.24, 2.45) is 34.5 Å². The number of ether oxygens (including phenoxy) is 2. The van der Waals surface area contributed by atoms with Gasteiger partial charge in [-0.2, -0.15) is 5.06 Å². The number of allylic oxidation sites excluding steroid dienone is 4.